The molecule has 5 N–H and O–H groups in total. The lowest BCUT2D eigenvalue weighted by Crippen LogP contribution is -2.31. The van der Waals surface area contributed by atoms with Gasteiger partial charge in [-0.15, -0.1) is 12.4 Å². The van der Waals surface area contributed by atoms with Crippen LogP contribution in [0.2, 0.25) is 0 Å². The number of para-hydroxylation sites is 2. The van der Waals surface area contributed by atoms with Gasteiger partial charge in [0.25, 0.3) is 5.56 Å². The zero-order valence-corrected chi connectivity index (χ0v) is 21.9. The minimum absolute atomic E-state index is 0. The minimum Gasteiger partial charge on any atom is -0.465 e. The topological polar surface area (TPSA) is 151 Å². The summed E-state index contributed by atoms with van der Waals surface area (Å²) in [5.41, 5.74) is 7.43. The first-order chi connectivity index (χ1) is 17.3. The number of carbonyl (C=O) groups is 1. The van der Waals surface area contributed by atoms with Gasteiger partial charge in [-0.1, -0.05) is 36.4 Å². The number of ether oxygens (including phenoxy) is 1. The van der Waals surface area contributed by atoms with Crippen molar-refractivity contribution in [2.75, 3.05) is 12.8 Å². The average Bonchev–Trinajstić information content (AvgIpc) is 2.90. The summed E-state index contributed by atoms with van der Waals surface area (Å²) in [4.78, 5) is 33.4. The molecule has 9 nitrogen and oxygen atoms in total. The van der Waals surface area contributed by atoms with Crippen molar-refractivity contribution in [2.45, 2.75) is 0 Å². The second-order valence-corrected chi connectivity index (χ2v) is 8.12. The van der Waals surface area contributed by atoms with E-state index >= 15 is 0 Å². The third kappa shape index (κ3) is 7.61. The summed E-state index contributed by atoms with van der Waals surface area (Å²) in [5.74, 6) is -0.362. The number of nitrogens with two attached hydrogens (primary N) is 1. The van der Waals surface area contributed by atoms with Gasteiger partial charge in [0, 0.05) is 52.2 Å². The Bertz CT molecular complexity index is 1550. The molecule has 3 heterocycles. The van der Waals surface area contributed by atoms with Gasteiger partial charge in [-0.3, -0.25) is 14.8 Å². The van der Waals surface area contributed by atoms with Gasteiger partial charge in [0.1, 0.15) is 0 Å². The fourth-order valence-electron chi connectivity index (χ4n) is 3.22. The number of benzene rings is 2. The van der Waals surface area contributed by atoms with Crippen LogP contribution in [0.15, 0.2) is 94.7 Å². The predicted molar refractivity (Wildman–Crippen MR) is 151 cm³/mol. The molecule has 0 atom stereocenters. The number of hydrogen-bond donors (Lipinski definition) is 4. The number of nitrogens with zero attached hydrogens (tertiary/aromatic N) is 2. The van der Waals surface area contributed by atoms with Gasteiger partial charge in [0.2, 0.25) is 0 Å². The van der Waals surface area contributed by atoms with Gasteiger partial charge in [-0.05, 0) is 40.2 Å². The molecule has 2 aromatic carbocycles. The van der Waals surface area contributed by atoms with Crippen LogP contribution in [0.1, 0.15) is 10.4 Å². The van der Waals surface area contributed by atoms with Crippen LogP contribution in [0.4, 0.5) is 5.69 Å². The molecule has 0 aliphatic rings. The van der Waals surface area contributed by atoms with E-state index < -0.39 is 7.12 Å². The summed E-state index contributed by atoms with van der Waals surface area (Å²) in [5, 5.41) is 20.0. The number of methoxy groups -OCH3 is 1. The maximum atomic E-state index is 11.7. The molecule has 0 radical (unpaired) electrons. The molecule has 12 heteroatoms. The first kappa shape index (κ1) is 29.5. The zero-order valence-electron chi connectivity index (χ0n) is 19.5. The van der Waals surface area contributed by atoms with Crippen LogP contribution in [0, 0.1) is 0 Å². The van der Waals surface area contributed by atoms with E-state index in [0.717, 1.165) is 16.3 Å². The van der Waals surface area contributed by atoms with Crippen molar-refractivity contribution in [3.8, 4) is 0 Å². The Morgan fingerprint density at radius 1 is 0.946 bits per heavy atom. The Morgan fingerprint density at radius 2 is 1.59 bits per heavy atom. The quantitative estimate of drug-likeness (QED) is 0.107. The highest BCUT2D eigenvalue weighted by Crippen LogP contribution is 2.19. The molecule has 0 fully saturated rings. The summed E-state index contributed by atoms with van der Waals surface area (Å²) in [6.07, 6.45) is 6.45. The van der Waals surface area contributed by atoms with Gasteiger partial charge in [-0.25, -0.2) is 4.79 Å². The van der Waals surface area contributed by atoms with Crippen molar-refractivity contribution in [3.05, 3.63) is 106 Å². The SMILES string of the molecule is COC(=O)c1ccncc1Br.Cl.Nc1ccccc1B(O)O.O=c1[nH]c2ccccc2c2cnccc12. The monoisotopic (exact) mass is 584 g/mol. The standard InChI is InChI=1S/C12H8N2O.C7H6BrNO2.C6H8BNO2.ClH/c15-12-9-5-6-13-7-10(9)8-3-1-2-4-11(8)14-12;1-11-7(10)5-2-3-9-4-6(5)8;8-6-4-2-1-3-5(6)7(9)10;/h1-7H,(H,14,15);2-4H,1H3;1-4,9-10H,8H2;1H. The maximum Gasteiger partial charge on any atom is 0.490 e. The Morgan fingerprint density at radius 3 is 2.24 bits per heavy atom. The van der Waals surface area contributed by atoms with Crippen LogP contribution in [0.25, 0.3) is 21.7 Å². The van der Waals surface area contributed by atoms with Crippen molar-refractivity contribution in [2.24, 2.45) is 0 Å². The van der Waals surface area contributed by atoms with Gasteiger partial charge >= 0.3 is 13.1 Å². The number of rotatable bonds is 2. The van der Waals surface area contributed by atoms with E-state index in [-0.39, 0.29) is 23.9 Å². The zero-order chi connectivity index (χ0) is 26.1. The number of carbonyl (C=O) groups excluding carboxylic acids is 1. The number of fused-ring (bicyclic) bond motifs is 3. The van der Waals surface area contributed by atoms with Crippen molar-refractivity contribution >= 4 is 74.3 Å². The van der Waals surface area contributed by atoms with Crippen LogP contribution in [-0.4, -0.2) is 45.2 Å². The average molecular weight is 586 g/mol. The molecule has 0 unspecified atom stereocenters. The highest BCUT2D eigenvalue weighted by atomic mass is 79.9. The van der Waals surface area contributed by atoms with Crippen molar-refractivity contribution in [1.82, 2.24) is 15.0 Å². The number of H-pyrrole nitrogens is 1. The number of aromatic nitrogens is 3. The molecule has 0 amide bonds. The van der Waals surface area contributed by atoms with Gasteiger partial charge in [-0.2, -0.15) is 0 Å². The Hall–Kier alpha value is -3.77. The summed E-state index contributed by atoms with van der Waals surface area (Å²) in [6, 6.07) is 17.7. The molecule has 0 aliphatic carbocycles. The summed E-state index contributed by atoms with van der Waals surface area (Å²) in [6.45, 7) is 0. The number of esters is 1. The third-order valence-electron chi connectivity index (χ3n) is 4.98. The lowest BCUT2D eigenvalue weighted by atomic mass is 9.79. The molecule has 0 saturated heterocycles. The minimum atomic E-state index is -1.47. The Balaban J connectivity index is 0.000000198. The summed E-state index contributed by atoms with van der Waals surface area (Å²) in [7, 11) is -0.129. The number of aromatic amines is 1. The molecule has 5 aromatic rings. The molecule has 0 bridgehead atoms. The van der Waals surface area contributed by atoms with E-state index in [2.05, 4.69) is 35.6 Å². The second kappa shape index (κ2) is 14.1. The highest BCUT2D eigenvalue weighted by Gasteiger charge is 2.12. The molecular weight excluding hydrogens is 562 g/mol. The van der Waals surface area contributed by atoms with Gasteiger partial charge in [0.15, 0.2) is 0 Å². The Labute approximate surface area is 227 Å². The molecule has 0 spiro atoms. The van der Waals surface area contributed by atoms with E-state index in [0.29, 0.717) is 26.6 Å². The van der Waals surface area contributed by atoms with Crippen LogP contribution in [0.5, 0.6) is 0 Å². The normalized spacial score (nSPS) is 9.73. The van der Waals surface area contributed by atoms with Crippen LogP contribution in [-0.2, 0) is 4.74 Å². The van der Waals surface area contributed by atoms with Crippen LogP contribution >= 0.6 is 28.3 Å². The molecule has 0 saturated carbocycles. The van der Waals surface area contributed by atoms with E-state index in [1.807, 2.05) is 24.3 Å². The van der Waals surface area contributed by atoms with Crippen molar-refractivity contribution in [3.63, 3.8) is 0 Å². The number of nitrogens with one attached hydrogen (secondary N) is 1. The van der Waals surface area contributed by atoms with Gasteiger partial charge < -0.3 is 25.5 Å². The summed E-state index contributed by atoms with van der Waals surface area (Å²) < 4.78 is 5.17. The Kier molecular flexibility index (Phi) is 11.2. The first-order valence-corrected chi connectivity index (χ1v) is 11.4. The smallest absolute Gasteiger partial charge is 0.465 e. The van der Waals surface area contributed by atoms with Crippen LogP contribution < -0.4 is 16.8 Å². The van der Waals surface area contributed by atoms with E-state index in [1.165, 1.54) is 13.3 Å². The van der Waals surface area contributed by atoms with Crippen molar-refractivity contribution < 1.29 is 19.6 Å². The summed E-state index contributed by atoms with van der Waals surface area (Å²) >= 11 is 3.17. The largest absolute Gasteiger partial charge is 0.490 e. The van der Waals surface area contributed by atoms with E-state index in [9.17, 15) is 9.59 Å². The highest BCUT2D eigenvalue weighted by molar-refractivity contribution is 9.10. The second-order valence-electron chi connectivity index (χ2n) is 7.27. The first-order valence-electron chi connectivity index (χ1n) is 10.6. The maximum absolute atomic E-state index is 11.7. The van der Waals surface area contributed by atoms with Crippen molar-refractivity contribution in [1.29, 1.82) is 0 Å². The number of pyridine rings is 3. The fourth-order valence-corrected chi connectivity index (χ4v) is 3.63. The molecule has 0 aliphatic heterocycles. The van der Waals surface area contributed by atoms with E-state index in [1.54, 1.807) is 55.0 Å². The van der Waals surface area contributed by atoms with Crippen LogP contribution in [0.3, 0.4) is 0 Å². The lowest BCUT2D eigenvalue weighted by Gasteiger charge is -2.01. The number of halogens is 2. The number of nitrogen functional groups attached to an aromatic ring is 1. The molecule has 3 aromatic heterocycles. The third-order valence-corrected chi connectivity index (χ3v) is 5.61. The molecule has 190 valence electrons. The number of hydrogen-bond acceptors (Lipinski definition) is 8. The lowest BCUT2D eigenvalue weighted by molar-refractivity contribution is 0.0599. The predicted octanol–water partition coefficient (Wildman–Crippen LogP) is 3.08. The number of anilines is 1. The van der Waals surface area contributed by atoms with Gasteiger partial charge in [0.05, 0.1) is 22.5 Å². The molecule has 37 heavy (non-hydrogen) atoms. The molecular formula is C25H23BBrClN4O5. The fraction of sp³-hybridized carbons (Fsp3) is 0.0400. The molecule has 5 rings (SSSR count). The van der Waals surface area contributed by atoms with E-state index in [4.69, 9.17) is 15.8 Å².